The summed E-state index contributed by atoms with van der Waals surface area (Å²) in [6.45, 7) is 3.26. The average molecular weight is 390 g/mol. The fourth-order valence-electron chi connectivity index (χ4n) is 3.35. The van der Waals surface area contributed by atoms with E-state index in [1.807, 2.05) is 30.3 Å². The minimum absolute atomic E-state index is 0. The summed E-state index contributed by atoms with van der Waals surface area (Å²) in [6, 6.07) is 13.2. The number of aromatic nitrogens is 1. The zero-order valence-electron chi connectivity index (χ0n) is 15.5. The first kappa shape index (κ1) is 21.2. The Morgan fingerprint density at radius 1 is 1.07 bits per heavy atom. The molecule has 1 aromatic heterocycles. The molecule has 2 heterocycles. The lowest BCUT2D eigenvalue weighted by atomic mass is 9.93. The number of carbonyl (C=O) groups excluding carboxylic acids is 1. The Labute approximate surface area is 166 Å². The smallest absolute Gasteiger partial charge is 0.250 e. The van der Waals surface area contributed by atoms with Crippen molar-refractivity contribution in [1.82, 2.24) is 15.2 Å². The molecule has 5 nitrogen and oxygen atoms in total. The summed E-state index contributed by atoms with van der Waals surface area (Å²) in [5.74, 6) is 0.811. The van der Waals surface area contributed by atoms with Gasteiger partial charge in [0.05, 0.1) is 6.54 Å². The number of halogens is 1. The van der Waals surface area contributed by atoms with Crippen molar-refractivity contribution < 1.29 is 4.79 Å². The molecule has 1 aliphatic rings. The lowest BCUT2D eigenvalue weighted by Crippen LogP contribution is -2.29. The Hall–Kier alpha value is -2.11. The Kier molecular flexibility index (Phi) is 8.55. The van der Waals surface area contributed by atoms with Crippen molar-refractivity contribution in [1.29, 1.82) is 0 Å². The molecule has 0 bridgehead atoms. The second kappa shape index (κ2) is 10.9. The summed E-state index contributed by atoms with van der Waals surface area (Å²) in [7, 11) is 0. The second-order valence-corrected chi connectivity index (χ2v) is 6.99. The number of nitrogens with zero attached hydrogens (tertiary/aromatic N) is 1. The fraction of sp³-hybridized carbons (Fsp3) is 0.429. The van der Waals surface area contributed by atoms with E-state index in [9.17, 15) is 9.59 Å². The summed E-state index contributed by atoms with van der Waals surface area (Å²) in [4.78, 5) is 23.8. The molecule has 1 fully saturated rings. The molecule has 2 aromatic rings. The van der Waals surface area contributed by atoms with Crippen molar-refractivity contribution in [2.45, 2.75) is 38.8 Å². The van der Waals surface area contributed by atoms with E-state index in [2.05, 4.69) is 10.6 Å². The van der Waals surface area contributed by atoms with Gasteiger partial charge in [0.15, 0.2) is 0 Å². The SMILES string of the molecule is Cl.O=C(CCC1CCNCC1)NCc1ccc(Cn2ccccc2=O)cc1. The maximum Gasteiger partial charge on any atom is 0.250 e. The molecular formula is C21H28ClN3O2. The summed E-state index contributed by atoms with van der Waals surface area (Å²) in [5.41, 5.74) is 2.14. The lowest BCUT2D eigenvalue weighted by Gasteiger charge is -2.22. The van der Waals surface area contributed by atoms with E-state index < -0.39 is 0 Å². The van der Waals surface area contributed by atoms with Gasteiger partial charge in [-0.3, -0.25) is 9.59 Å². The van der Waals surface area contributed by atoms with Crippen LogP contribution in [0.5, 0.6) is 0 Å². The molecule has 2 N–H and O–H groups in total. The molecule has 0 spiro atoms. The van der Waals surface area contributed by atoms with Crippen LogP contribution in [-0.4, -0.2) is 23.6 Å². The van der Waals surface area contributed by atoms with Crippen LogP contribution < -0.4 is 16.2 Å². The molecule has 1 aromatic carbocycles. The number of piperidine rings is 1. The van der Waals surface area contributed by atoms with Gasteiger partial charge < -0.3 is 15.2 Å². The number of nitrogens with one attached hydrogen (secondary N) is 2. The molecule has 0 radical (unpaired) electrons. The standard InChI is InChI=1S/C21H27N3O2.ClH/c25-20(9-8-17-10-12-22-13-11-17)23-15-18-4-6-19(7-5-18)16-24-14-2-1-3-21(24)26;/h1-7,14,17,22H,8-13,15-16H2,(H,23,25);1H. The molecule has 146 valence electrons. The van der Waals surface area contributed by atoms with E-state index in [0.29, 0.717) is 25.4 Å². The van der Waals surface area contributed by atoms with Crippen molar-refractivity contribution in [3.05, 3.63) is 70.1 Å². The van der Waals surface area contributed by atoms with Gasteiger partial charge in [-0.05, 0) is 55.5 Å². The number of amides is 1. The number of hydrogen-bond acceptors (Lipinski definition) is 3. The Balaban J connectivity index is 0.00000261. The number of rotatable bonds is 7. The van der Waals surface area contributed by atoms with Crippen LogP contribution in [0.25, 0.3) is 0 Å². The predicted molar refractivity (Wildman–Crippen MR) is 110 cm³/mol. The third-order valence-electron chi connectivity index (χ3n) is 5.00. The number of carbonyl (C=O) groups is 1. The summed E-state index contributed by atoms with van der Waals surface area (Å²) >= 11 is 0. The highest BCUT2D eigenvalue weighted by molar-refractivity contribution is 5.85. The first-order valence-electron chi connectivity index (χ1n) is 9.41. The van der Waals surface area contributed by atoms with Gasteiger partial charge in [0, 0.05) is 25.2 Å². The minimum Gasteiger partial charge on any atom is -0.352 e. The van der Waals surface area contributed by atoms with Crippen molar-refractivity contribution >= 4 is 18.3 Å². The minimum atomic E-state index is -0.00223. The van der Waals surface area contributed by atoms with Crippen LogP contribution in [0.15, 0.2) is 53.5 Å². The Morgan fingerprint density at radius 3 is 2.48 bits per heavy atom. The molecule has 0 unspecified atom stereocenters. The molecule has 1 aliphatic heterocycles. The second-order valence-electron chi connectivity index (χ2n) is 6.99. The van der Waals surface area contributed by atoms with Gasteiger partial charge in [-0.1, -0.05) is 30.3 Å². The van der Waals surface area contributed by atoms with Crippen LogP contribution in [0.2, 0.25) is 0 Å². The third-order valence-corrected chi connectivity index (χ3v) is 5.00. The van der Waals surface area contributed by atoms with E-state index in [4.69, 9.17) is 0 Å². The fourth-order valence-corrected chi connectivity index (χ4v) is 3.35. The lowest BCUT2D eigenvalue weighted by molar-refractivity contribution is -0.121. The number of pyridine rings is 1. The molecule has 3 rings (SSSR count). The van der Waals surface area contributed by atoms with E-state index in [1.165, 1.54) is 12.8 Å². The summed E-state index contributed by atoms with van der Waals surface area (Å²) in [6.07, 6.45) is 5.75. The highest BCUT2D eigenvalue weighted by Crippen LogP contribution is 2.17. The Morgan fingerprint density at radius 2 is 1.78 bits per heavy atom. The number of hydrogen-bond donors (Lipinski definition) is 2. The van der Waals surface area contributed by atoms with Crippen LogP contribution in [0.3, 0.4) is 0 Å². The van der Waals surface area contributed by atoms with Crippen LogP contribution in [0.1, 0.15) is 36.8 Å². The van der Waals surface area contributed by atoms with Gasteiger partial charge in [0.1, 0.15) is 0 Å². The van der Waals surface area contributed by atoms with E-state index in [-0.39, 0.29) is 23.9 Å². The van der Waals surface area contributed by atoms with E-state index in [1.54, 1.807) is 22.9 Å². The van der Waals surface area contributed by atoms with Gasteiger partial charge >= 0.3 is 0 Å². The zero-order valence-corrected chi connectivity index (χ0v) is 16.3. The van der Waals surface area contributed by atoms with Gasteiger partial charge in [0.2, 0.25) is 5.91 Å². The highest BCUT2D eigenvalue weighted by atomic mass is 35.5. The van der Waals surface area contributed by atoms with Crippen LogP contribution in [0.4, 0.5) is 0 Å². The maximum atomic E-state index is 12.0. The van der Waals surface area contributed by atoms with Crippen molar-refractivity contribution in [2.24, 2.45) is 5.92 Å². The van der Waals surface area contributed by atoms with Crippen molar-refractivity contribution in [3.8, 4) is 0 Å². The van der Waals surface area contributed by atoms with Crippen molar-refractivity contribution in [2.75, 3.05) is 13.1 Å². The van der Waals surface area contributed by atoms with Crippen LogP contribution in [-0.2, 0) is 17.9 Å². The van der Waals surface area contributed by atoms with Crippen molar-refractivity contribution in [3.63, 3.8) is 0 Å². The molecule has 1 saturated heterocycles. The topological polar surface area (TPSA) is 63.1 Å². The van der Waals surface area contributed by atoms with Gasteiger partial charge in [-0.2, -0.15) is 0 Å². The molecule has 1 amide bonds. The third kappa shape index (κ3) is 6.85. The van der Waals surface area contributed by atoms with Gasteiger partial charge in [0.25, 0.3) is 5.56 Å². The number of benzene rings is 1. The van der Waals surface area contributed by atoms with E-state index >= 15 is 0 Å². The summed E-state index contributed by atoms with van der Waals surface area (Å²) in [5, 5.41) is 6.36. The molecule has 0 saturated carbocycles. The normalized spacial score (nSPS) is 14.4. The quantitative estimate of drug-likeness (QED) is 0.765. The zero-order chi connectivity index (χ0) is 18.2. The molecule has 0 aliphatic carbocycles. The first-order chi connectivity index (χ1) is 12.7. The van der Waals surface area contributed by atoms with Gasteiger partial charge in [-0.25, -0.2) is 0 Å². The Bertz CT molecular complexity index is 767. The summed E-state index contributed by atoms with van der Waals surface area (Å²) < 4.78 is 1.68. The first-order valence-corrected chi connectivity index (χ1v) is 9.41. The largest absolute Gasteiger partial charge is 0.352 e. The molecular weight excluding hydrogens is 362 g/mol. The average Bonchev–Trinajstić information content (AvgIpc) is 2.68. The highest BCUT2D eigenvalue weighted by Gasteiger charge is 2.14. The van der Waals surface area contributed by atoms with Crippen LogP contribution in [0, 0.1) is 5.92 Å². The van der Waals surface area contributed by atoms with Crippen LogP contribution >= 0.6 is 12.4 Å². The molecule has 27 heavy (non-hydrogen) atoms. The monoisotopic (exact) mass is 389 g/mol. The van der Waals surface area contributed by atoms with E-state index in [0.717, 1.165) is 30.6 Å². The molecule has 0 atom stereocenters. The molecule has 6 heteroatoms. The maximum absolute atomic E-state index is 12.0. The predicted octanol–water partition coefficient (Wildman–Crippen LogP) is 2.71. The van der Waals surface area contributed by atoms with Gasteiger partial charge in [-0.15, -0.1) is 12.4 Å².